The molecule has 0 aliphatic carbocycles. The number of carbonyl (C=O) groups excluding carboxylic acids is 1. The molecule has 0 saturated carbocycles. The van der Waals surface area contributed by atoms with Crippen molar-refractivity contribution in [2.45, 2.75) is 13.5 Å². The third-order valence-electron chi connectivity index (χ3n) is 2.63. The number of hydrogen-bond acceptors (Lipinski definition) is 3. The quantitative estimate of drug-likeness (QED) is 0.864. The van der Waals surface area contributed by atoms with Gasteiger partial charge in [-0.2, -0.15) is 5.10 Å². The van der Waals surface area contributed by atoms with Gasteiger partial charge in [-0.15, -0.1) is 0 Å². The van der Waals surface area contributed by atoms with Crippen molar-refractivity contribution < 1.29 is 9.90 Å². The first kappa shape index (κ1) is 12.2. The largest absolute Gasteiger partial charge is 0.508 e. The number of nitrogens with zero attached hydrogens (tertiary/aromatic N) is 2. The molecule has 0 radical (unpaired) electrons. The minimum atomic E-state index is -0.132. The summed E-state index contributed by atoms with van der Waals surface area (Å²) in [7, 11) is 1.72. The Hall–Kier alpha value is -2.30. The highest BCUT2D eigenvalue weighted by Crippen LogP contribution is 2.12. The Morgan fingerprint density at radius 2 is 2.06 bits per heavy atom. The van der Waals surface area contributed by atoms with Crippen LogP contribution in [0.2, 0.25) is 0 Å². The van der Waals surface area contributed by atoms with Crippen molar-refractivity contribution in [2.24, 2.45) is 0 Å². The molecule has 0 unspecified atom stereocenters. The van der Waals surface area contributed by atoms with E-state index in [0.717, 1.165) is 11.3 Å². The van der Waals surface area contributed by atoms with Crippen LogP contribution in [0.15, 0.2) is 30.3 Å². The lowest BCUT2D eigenvalue weighted by Gasteiger charge is -2.15. The van der Waals surface area contributed by atoms with E-state index in [0.29, 0.717) is 12.2 Å². The fourth-order valence-electron chi connectivity index (χ4n) is 1.67. The van der Waals surface area contributed by atoms with E-state index in [9.17, 15) is 9.90 Å². The van der Waals surface area contributed by atoms with E-state index in [1.807, 2.05) is 6.92 Å². The fourth-order valence-corrected chi connectivity index (χ4v) is 1.67. The van der Waals surface area contributed by atoms with Gasteiger partial charge in [0, 0.05) is 19.3 Å². The van der Waals surface area contributed by atoms with Gasteiger partial charge in [0.15, 0.2) is 0 Å². The molecule has 1 amide bonds. The molecule has 0 aliphatic rings. The Labute approximate surface area is 105 Å². The van der Waals surface area contributed by atoms with Gasteiger partial charge in [-0.25, -0.2) is 0 Å². The van der Waals surface area contributed by atoms with Gasteiger partial charge < -0.3 is 10.0 Å². The van der Waals surface area contributed by atoms with Gasteiger partial charge in [0.1, 0.15) is 11.4 Å². The molecular formula is C13H15N3O2. The van der Waals surface area contributed by atoms with E-state index in [4.69, 9.17) is 0 Å². The lowest BCUT2D eigenvalue weighted by atomic mass is 10.2. The normalized spacial score (nSPS) is 10.3. The first-order chi connectivity index (χ1) is 8.56. The SMILES string of the molecule is Cc1cc(C(=O)N(C)Cc2ccc(O)cc2)n[nH]1. The summed E-state index contributed by atoms with van der Waals surface area (Å²) in [6.07, 6.45) is 0. The van der Waals surface area contributed by atoms with Crippen LogP contribution >= 0.6 is 0 Å². The molecule has 0 atom stereocenters. The monoisotopic (exact) mass is 245 g/mol. The maximum Gasteiger partial charge on any atom is 0.274 e. The summed E-state index contributed by atoms with van der Waals surface area (Å²) in [6.45, 7) is 2.33. The summed E-state index contributed by atoms with van der Waals surface area (Å²) < 4.78 is 0. The van der Waals surface area contributed by atoms with Gasteiger partial charge in [0.05, 0.1) is 0 Å². The molecule has 18 heavy (non-hydrogen) atoms. The van der Waals surface area contributed by atoms with Crippen molar-refractivity contribution in [3.63, 3.8) is 0 Å². The number of aryl methyl sites for hydroxylation is 1. The molecule has 1 heterocycles. The van der Waals surface area contributed by atoms with Gasteiger partial charge in [-0.3, -0.25) is 9.89 Å². The number of rotatable bonds is 3. The maximum absolute atomic E-state index is 12.0. The van der Waals surface area contributed by atoms with Crippen LogP contribution in [-0.2, 0) is 6.54 Å². The molecule has 0 aliphatic heterocycles. The average molecular weight is 245 g/mol. The van der Waals surface area contributed by atoms with Gasteiger partial charge in [0.2, 0.25) is 0 Å². The molecule has 0 bridgehead atoms. The first-order valence-electron chi connectivity index (χ1n) is 5.61. The number of phenols is 1. The number of benzene rings is 1. The second-order valence-electron chi connectivity index (χ2n) is 4.26. The zero-order valence-electron chi connectivity index (χ0n) is 10.3. The molecule has 2 aromatic rings. The summed E-state index contributed by atoms with van der Waals surface area (Å²) >= 11 is 0. The van der Waals surface area contributed by atoms with Gasteiger partial charge in [0.25, 0.3) is 5.91 Å². The van der Waals surface area contributed by atoms with Crippen molar-refractivity contribution in [1.29, 1.82) is 0 Å². The van der Waals surface area contributed by atoms with Gasteiger partial charge >= 0.3 is 0 Å². The van der Waals surface area contributed by atoms with Crippen molar-refractivity contribution in [2.75, 3.05) is 7.05 Å². The topological polar surface area (TPSA) is 69.2 Å². The minimum Gasteiger partial charge on any atom is -0.508 e. The highest BCUT2D eigenvalue weighted by molar-refractivity contribution is 5.92. The van der Waals surface area contributed by atoms with Crippen LogP contribution in [0.1, 0.15) is 21.7 Å². The Morgan fingerprint density at radius 1 is 1.39 bits per heavy atom. The number of aromatic nitrogens is 2. The molecule has 0 fully saturated rings. The number of H-pyrrole nitrogens is 1. The third kappa shape index (κ3) is 2.68. The molecule has 2 rings (SSSR count). The molecule has 1 aromatic carbocycles. The Balaban J connectivity index is 2.05. The molecule has 5 heteroatoms. The van der Waals surface area contributed by atoms with Crippen molar-refractivity contribution in [1.82, 2.24) is 15.1 Å². The van der Waals surface area contributed by atoms with E-state index in [2.05, 4.69) is 10.2 Å². The third-order valence-corrected chi connectivity index (χ3v) is 2.63. The molecule has 0 spiro atoms. The van der Waals surface area contributed by atoms with Crippen LogP contribution in [-0.4, -0.2) is 33.2 Å². The standard InChI is InChI=1S/C13H15N3O2/c1-9-7-12(15-14-9)13(18)16(2)8-10-3-5-11(17)6-4-10/h3-7,17H,8H2,1-2H3,(H,14,15). The minimum absolute atomic E-state index is 0.132. The van der Waals surface area contributed by atoms with E-state index in [1.165, 1.54) is 0 Å². The Bertz CT molecular complexity index is 546. The number of aromatic amines is 1. The van der Waals surface area contributed by atoms with E-state index < -0.39 is 0 Å². The lowest BCUT2D eigenvalue weighted by Crippen LogP contribution is -2.26. The predicted molar refractivity (Wildman–Crippen MR) is 67.2 cm³/mol. The van der Waals surface area contributed by atoms with Crippen LogP contribution in [0.4, 0.5) is 0 Å². The van der Waals surface area contributed by atoms with Gasteiger partial charge in [-0.05, 0) is 30.7 Å². The Morgan fingerprint density at radius 3 is 2.61 bits per heavy atom. The predicted octanol–water partition coefficient (Wildman–Crippen LogP) is 1.70. The van der Waals surface area contributed by atoms with Crippen molar-refractivity contribution in [3.05, 3.63) is 47.3 Å². The lowest BCUT2D eigenvalue weighted by molar-refractivity contribution is 0.0779. The van der Waals surface area contributed by atoms with Crippen LogP contribution in [0, 0.1) is 6.92 Å². The second-order valence-corrected chi connectivity index (χ2v) is 4.26. The summed E-state index contributed by atoms with van der Waals surface area (Å²) in [5.41, 5.74) is 2.22. The zero-order chi connectivity index (χ0) is 13.1. The molecule has 94 valence electrons. The summed E-state index contributed by atoms with van der Waals surface area (Å²) in [5, 5.41) is 15.9. The van der Waals surface area contributed by atoms with E-state index in [-0.39, 0.29) is 11.7 Å². The number of hydrogen-bond donors (Lipinski definition) is 2. The second kappa shape index (κ2) is 4.91. The zero-order valence-corrected chi connectivity index (χ0v) is 10.3. The molecule has 0 saturated heterocycles. The first-order valence-corrected chi connectivity index (χ1v) is 5.61. The van der Waals surface area contributed by atoms with Crippen molar-refractivity contribution >= 4 is 5.91 Å². The number of carbonyl (C=O) groups is 1. The molecule has 2 N–H and O–H groups in total. The van der Waals surface area contributed by atoms with Crippen LogP contribution in [0.25, 0.3) is 0 Å². The maximum atomic E-state index is 12.0. The number of phenolic OH excluding ortho intramolecular Hbond substituents is 1. The highest BCUT2D eigenvalue weighted by atomic mass is 16.3. The number of nitrogens with one attached hydrogen (secondary N) is 1. The number of aromatic hydroxyl groups is 1. The summed E-state index contributed by atoms with van der Waals surface area (Å²) in [5.74, 6) is 0.0862. The Kier molecular flexibility index (Phi) is 3.32. The smallest absolute Gasteiger partial charge is 0.274 e. The summed E-state index contributed by atoms with van der Waals surface area (Å²) in [4.78, 5) is 13.6. The van der Waals surface area contributed by atoms with E-state index in [1.54, 1.807) is 42.3 Å². The molecule has 1 aromatic heterocycles. The highest BCUT2D eigenvalue weighted by Gasteiger charge is 2.14. The van der Waals surface area contributed by atoms with Crippen LogP contribution in [0.5, 0.6) is 5.75 Å². The van der Waals surface area contributed by atoms with Crippen LogP contribution < -0.4 is 0 Å². The average Bonchev–Trinajstić information content (AvgIpc) is 2.78. The molecule has 5 nitrogen and oxygen atoms in total. The van der Waals surface area contributed by atoms with Crippen molar-refractivity contribution in [3.8, 4) is 5.75 Å². The summed E-state index contributed by atoms with van der Waals surface area (Å²) in [6, 6.07) is 8.50. The van der Waals surface area contributed by atoms with Crippen LogP contribution in [0.3, 0.4) is 0 Å². The van der Waals surface area contributed by atoms with Gasteiger partial charge in [-0.1, -0.05) is 12.1 Å². The number of amides is 1. The molecular weight excluding hydrogens is 230 g/mol. The van der Waals surface area contributed by atoms with E-state index >= 15 is 0 Å². The fraction of sp³-hybridized carbons (Fsp3) is 0.231.